The largest absolute Gasteiger partial charge is 0.381 e. The SMILES string of the molecule is CCOC1(c2nnc(N3CCCC3Cc3ccccc3Cl)n2CC2CCOC2)CCC1. The van der Waals surface area contributed by atoms with Crippen LogP contribution in [0.3, 0.4) is 0 Å². The molecule has 0 radical (unpaired) electrons. The third-order valence-electron chi connectivity index (χ3n) is 7.23. The van der Waals surface area contributed by atoms with E-state index < -0.39 is 0 Å². The summed E-state index contributed by atoms with van der Waals surface area (Å²) in [5.41, 5.74) is 0.943. The molecule has 2 unspecified atom stereocenters. The molecule has 2 aromatic rings. The van der Waals surface area contributed by atoms with Gasteiger partial charge in [0.25, 0.3) is 0 Å². The fourth-order valence-corrected chi connectivity index (χ4v) is 5.65. The van der Waals surface area contributed by atoms with E-state index in [1.54, 1.807) is 0 Å². The fourth-order valence-electron chi connectivity index (χ4n) is 5.43. The summed E-state index contributed by atoms with van der Waals surface area (Å²) in [7, 11) is 0. The van der Waals surface area contributed by atoms with E-state index in [1.165, 1.54) is 18.4 Å². The Hall–Kier alpha value is -1.63. The normalized spacial score (nSPS) is 25.2. The predicted molar refractivity (Wildman–Crippen MR) is 122 cm³/mol. The Kier molecular flexibility index (Phi) is 6.22. The van der Waals surface area contributed by atoms with Crippen molar-refractivity contribution in [2.75, 3.05) is 31.3 Å². The zero-order valence-electron chi connectivity index (χ0n) is 18.4. The van der Waals surface area contributed by atoms with E-state index in [2.05, 4.69) is 28.5 Å². The van der Waals surface area contributed by atoms with Gasteiger partial charge in [0.05, 0.1) is 6.61 Å². The Morgan fingerprint density at radius 1 is 1.19 bits per heavy atom. The van der Waals surface area contributed by atoms with Crippen LogP contribution in [0.25, 0.3) is 0 Å². The highest BCUT2D eigenvalue weighted by molar-refractivity contribution is 6.31. The van der Waals surface area contributed by atoms with Crippen molar-refractivity contribution in [1.82, 2.24) is 14.8 Å². The molecule has 1 aromatic carbocycles. The summed E-state index contributed by atoms with van der Waals surface area (Å²) >= 11 is 6.48. The van der Waals surface area contributed by atoms with Crippen LogP contribution < -0.4 is 4.90 Å². The van der Waals surface area contributed by atoms with Crippen molar-refractivity contribution >= 4 is 17.5 Å². The zero-order chi connectivity index (χ0) is 21.3. The molecule has 6 nitrogen and oxygen atoms in total. The summed E-state index contributed by atoms with van der Waals surface area (Å²) < 4.78 is 14.3. The highest BCUT2D eigenvalue weighted by Crippen LogP contribution is 2.45. The Balaban J connectivity index is 1.46. The molecule has 3 fully saturated rings. The summed E-state index contributed by atoms with van der Waals surface area (Å²) in [4.78, 5) is 2.47. The molecule has 31 heavy (non-hydrogen) atoms. The van der Waals surface area contributed by atoms with E-state index >= 15 is 0 Å². The lowest BCUT2D eigenvalue weighted by Gasteiger charge is -2.41. The van der Waals surface area contributed by atoms with Crippen LogP contribution in [0.5, 0.6) is 0 Å². The minimum Gasteiger partial charge on any atom is -0.381 e. The van der Waals surface area contributed by atoms with E-state index in [9.17, 15) is 0 Å². The molecule has 1 aliphatic carbocycles. The van der Waals surface area contributed by atoms with Gasteiger partial charge in [-0.15, -0.1) is 10.2 Å². The summed E-state index contributed by atoms with van der Waals surface area (Å²) in [5, 5.41) is 10.4. The van der Waals surface area contributed by atoms with E-state index in [0.29, 0.717) is 18.6 Å². The molecule has 1 saturated carbocycles. The molecule has 5 rings (SSSR count). The van der Waals surface area contributed by atoms with Gasteiger partial charge < -0.3 is 14.4 Å². The van der Waals surface area contributed by atoms with Gasteiger partial charge >= 0.3 is 0 Å². The molecule has 3 heterocycles. The first kappa shape index (κ1) is 21.2. The summed E-state index contributed by atoms with van der Waals surface area (Å²) in [6, 6.07) is 8.59. The van der Waals surface area contributed by atoms with E-state index in [-0.39, 0.29) is 5.60 Å². The molecule has 1 aromatic heterocycles. The average molecular weight is 445 g/mol. The molecule has 0 amide bonds. The number of ether oxygens (including phenoxy) is 2. The number of hydrogen-bond donors (Lipinski definition) is 0. The number of anilines is 1. The van der Waals surface area contributed by atoms with E-state index in [4.69, 9.17) is 31.3 Å². The van der Waals surface area contributed by atoms with Gasteiger partial charge in [-0.3, -0.25) is 4.57 Å². The van der Waals surface area contributed by atoms with Gasteiger partial charge in [0.2, 0.25) is 5.95 Å². The van der Waals surface area contributed by atoms with Crippen molar-refractivity contribution in [3.05, 3.63) is 40.7 Å². The van der Waals surface area contributed by atoms with Gasteiger partial charge in [-0.25, -0.2) is 0 Å². The molecule has 2 aliphatic heterocycles. The molecule has 2 atom stereocenters. The van der Waals surface area contributed by atoms with Crippen molar-refractivity contribution in [2.45, 2.75) is 70.1 Å². The second kappa shape index (κ2) is 9.08. The van der Waals surface area contributed by atoms with Crippen LogP contribution in [-0.4, -0.2) is 47.2 Å². The third kappa shape index (κ3) is 4.10. The van der Waals surface area contributed by atoms with Crippen molar-refractivity contribution in [3.8, 4) is 0 Å². The first-order valence-electron chi connectivity index (χ1n) is 11.9. The summed E-state index contributed by atoms with van der Waals surface area (Å²) in [5.74, 6) is 2.53. The van der Waals surface area contributed by atoms with Crippen LogP contribution in [0.15, 0.2) is 24.3 Å². The molecule has 0 bridgehead atoms. The lowest BCUT2D eigenvalue weighted by molar-refractivity contribution is -0.110. The molecule has 168 valence electrons. The topological polar surface area (TPSA) is 52.4 Å². The van der Waals surface area contributed by atoms with Crippen molar-refractivity contribution in [1.29, 1.82) is 0 Å². The van der Waals surface area contributed by atoms with E-state index in [0.717, 1.165) is 75.2 Å². The quantitative estimate of drug-likeness (QED) is 0.595. The minimum atomic E-state index is -0.266. The van der Waals surface area contributed by atoms with Crippen LogP contribution in [0.1, 0.15) is 56.8 Å². The second-order valence-corrected chi connectivity index (χ2v) is 9.64. The minimum absolute atomic E-state index is 0.266. The molecule has 3 aliphatic rings. The smallest absolute Gasteiger partial charge is 0.227 e. The van der Waals surface area contributed by atoms with Crippen LogP contribution >= 0.6 is 11.6 Å². The highest BCUT2D eigenvalue weighted by atomic mass is 35.5. The number of benzene rings is 1. The Morgan fingerprint density at radius 3 is 2.77 bits per heavy atom. The molecule has 0 N–H and O–H groups in total. The van der Waals surface area contributed by atoms with Gasteiger partial charge in [0.15, 0.2) is 5.82 Å². The number of nitrogens with zero attached hydrogens (tertiary/aromatic N) is 4. The number of halogens is 1. The lowest BCUT2D eigenvalue weighted by Crippen LogP contribution is -2.41. The van der Waals surface area contributed by atoms with Gasteiger partial charge in [0.1, 0.15) is 5.60 Å². The Labute approximate surface area is 189 Å². The number of hydrogen-bond acceptors (Lipinski definition) is 5. The van der Waals surface area contributed by atoms with Gasteiger partial charge in [-0.05, 0) is 63.5 Å². The van der Waals surface area contributed by atoms with Gasteiger partial charge in [-0.2, -0.15) is 0 Å². The molecule has 7 heteroatoms. The van der Waals surface area contributed by atoms with Crippen molar-refractivity contribution in [3.63, 3.8) is 0 Å². The van der Waals surface area contributed by atoms with Gasteiger partial charge in [-0.1, -0.05) is 29.8 Å². The number of rotatable bonds is 8. The Bertz CT molecular complexity index is 891. The summed E-state index contributed by atoms with van der Waals surface area (Å²) in [6.45, 7) is 6.37. The van der Waals surface area contributed by atoms with Crippen LogP contribution in [0.4, 0.5) is 5.95 Å². The maximum atomic E-state index is 6.48. The van der Waals surface area contributed by atoms with Crippen LogP contribution in [0.2, 0.25) is 5.02 Å². The van der Waals surface area contributed by atoms with Crippen molar-refractivity contribution < 1.29 is 9.47 Å². The van der Waals surface area contributed by atoms with Gasteiger partial charge in [0, 0.05) is 43.3 Å². The molecule has 2 saturated heterocycles. The Morgan fingerprint density at radius 2 is 2.06 bits per heavy atom. The monoisotopic (exact) mass is 444 g/mol. The van der Waals surface area contributed by atoms with Crippen molar-refractivity contribution in [2.24, 2.45) is 5.92 Å². The number of aromatic nitrogens is 3. The standard InChI is InChI=1S/C24H33ClN4O2/c1-2-31-24(11-6-12-24)22-26-27-23(29(22)16-18-10-14-30-17-18)28-13-5-8-20(28)15-19-7-3-4-9-21(19)25/h3-4,7,9,18,20H,2,5-6,8,10-17H2,1H3. The highest BCUT2D eigenvalue weighted by Gasteiger charge is 2.45. The second-order valence-electron chi connectivity index (χ2n) is 9.23. The molecule has 0 spiro atoms. The fraction of sp³-hybridized carbons (Fsp3) is 0.667. The summed E-state index contributed by atoms with van der Waals surface area (Å²) in [6.07, 6.45) is 7.60. The average Bonchev–Trinajstić information content (AvgIpc) is 3.49. The van der Waals surface area contributed by atoms with E-state index in [1.807, 2.05) is 12.1 Å². The van der Waals surface area contributed by atoms with Crippen LogP contribution in [-0.2, 0) is 28.0 Å². The maximum Gasteiger partial charge on any atom is 0.227 e. The molecular weight excluding hydrogens is 412 g/mol. The third-order valence-corrected chi connectivity index (χ3v) is 7.60. The predicted octanol–water partition coefficient (Wildman–Crippen LogP) is 4.60. The first-order valence-corrected chi connectivity index (χ1v) is 12.2. The lowest BCUT2D eigenvalue weighted by atomic mass is 9.79. The maximum absolute atomic E-state index is 6.48. The van der Waals surface area contributed by atoms with Crippen LogP contribution in [0, 0.1) is 5.92 Å². The first-order chi connectivity index (χ1) is 15.2. The zero-order valence-corrected chi connectivity index (χ0v) is 19.2. The molecular formula is C24H33ClN4O2.